The maximum atomic E-state index is 6.59. The van der Waals surface area contributed by atoms with Gasteiger partial charge in [-0.15, -0.1) is 0 Å². The molecule has 2 atom stereocenters. The summed E-state index contributed by atoms with van der Waals surface area (Å²) in [7, 11) is 0. The first kappa shape index (κ1) is 16.4. The van der Waals surface area contributed by atoms with Crippen LogP contribution in [0.2, 0.25) is 0 Å². The molecule has 2 heteroatoms. The van der Waals surface area contributed by atoms with Crippen LogP contribution in [-0.4, -0.2) is 19.1 Å². The van der Waals surface area contributed by atoms with Crippen LogP contribution in [0.4, 0.5) is 5.69 Å². The van der Waals surface area contributed by atoms with E-state index < -0.39 is 0 Å². The number of para-hydroxylation sites is 1. The number of unbranched alkanes of at least 4 members (excludes halogenated alkanes) is 1. The Kier molecular flexibility index (Phi) is 5.69. The van der Waals surface area contributed by atoms with Crippen LogP contribution in [0.25, 0.3) is 0 Å². The fraction of sp³-hybridized carbons (Fsp3) is 0.684. The van der Waals surface area contributed by atoms with Crippen molar-refractivity contribution in [2.45, 2.75) is 58.9 Å². The first-order valence-electron chi connectivity index (χ1n) is 8.60. The summed E-state index contributed by atoms with van der Waals surface area (Å²) >= 11 is 0. The van der Waals surface area contributed by atoms with E-state index in [9.17, 15) is 0 Å². The van der Waals surface area contributed by atoms with E-state index in [1.54, 1.807) is 0 Å². The minimum atomic E-state index is 0.288. The summed E-state index contributed by atoms with van der Waals surface area (Å²) in [5.74, 6) is 0.616. The average molecular weight is 288 g/mol. The lowest BCUT2D eigenvalue weighted by Crippen LogP contribution is -2.50. The predicted octanol–water partition coefficient (Wildman–Crippen LogP) is 4.45. The van der Waals surface area contributed by atoms with Gasteiger partial charge in [-0.1, -0.05) is 51.8 Å². The third kappa shape index (κ3) is 4.23. The van der Waals surface area contributed by atoms with E-state index in [0.29, 0.717) is 12.0 Å². The van der Waals surface area contributed by atoms with Gasteiger partial charge in [0.15, 0.2) is 0 Å². The molecule has 0 radical (unpaired) electrons. The van der Waals surface area contributed by atoms with E-state index in [1.807, 2.05) is 0 Å². The number of nitrogens with two attached hydrogens (primary N) is 1. The van der Waals surface area contributed by atoms with Crippen molar-refractivity contribution in [2.75, 3.05) is 18.0 Å². The minimum absolute atomic E-state index is 0.288. The van der Waals surface area contributed by atoms with E-state index in [0.717, 1.165) is 13.1 Å². The van der Waals surface area contributed by atoms with Crippen molar-refractivity contribution in [2.24, 2.45) is 17.1 Å². The van der Waals surface area contributed by atoms with Gasteiger partial charge in [-0.2, -0.15) is 0 Å². The van der Waals surface area contributed by atoms with Crippen molar-refractivity contribution in [1.82, 2.24) is 0 Å². The van der Waals surface area contributed by atoms with Gasteiger partial charge in [-0.05, 0) is 42.7 Å². The summed E-state index contributed by atoms with van der Waals surface area (Å²) in [6.07, 6.45) is 6.36. The number of anilines is 1. The topological polar surface area (TPSA) is 29.3 Å². The molecule has 0 amide bonds. The van der Waals surface area contributed by atoms with Crippen LogP contribution in [0.15, 0.2) is 30.3 Å². The van der Waals surface area contributed by atoms with E-state index in [4.69, 9.17) is 5.73 Å². The normalized spacial score (nSPS) is 24.8. The Bertz CT molecular complexity index is 413. The van der Waals surface area contributed by atoms with Crippen LogP contribution >= 0.6 is 0 Å². The molecular weight excluding hydrogens is 256 g/mol. The molecule has 0 saturated heterocycles. The third-order valence-electron chi connectivity index (χ3n) is 5.16. The monoisotopic (exact) mass is 288 g/mol. The lowest BCUT2D eigenvalue weighted by atomic mass is 9.68. The molecule has 0 spiro atoms. The standard InChI is InChI=1S/C19H32N2/c1-4-5-14-21(17-11-7-6-8-12-17)15-16-10-9-13-19(2,3)18(16)20/h6-8,11-12,16,18H,4-5,9-10,13-15,20H2,1-3H3. The molecule has 1 aliphatic rings. The summed E-state index contributed by atoms with van der Waals surface area (Å²) in [4.78, 5) is 2.55. The zero-order chi connectivity index (χ0) is 15.3. The molecule has 0 aliphatic heterocycles. The molecule has 0 bridgehead atoms. The van der Waals surface area contributed by atoms with Gasteiger partial charge in [0, 0.05) is 24.8 Å². The molecule has 0 aromatic heterocycles. The molecule has 1 aromatic carbocycles. The summed E-state index contributed by atoms with van der Waals surface area (Å²) in [5.41, 5.74) is 8.22. The number of nitrogens with zero attached hydrogens (tertiary/aromatic N) is 1. The molecule has 21 heavy (non-hydrogen) atoms. The van der Waals surface area contributed by atoms with Crippen molar-refractivity contribution in [3.05, 3.63) is 30.3 Å². The molecule has 2 unspecified atom stereocenters. The van der Waals surface area contributed by atoms with Crippen molar-refractivity contribution in [3.8, 4) is 0 Å². The zero-order valence-electron chi connectivity index (χ0n) is 14.0. The maximum absolute atomic E-state index is 6.59. The number of hydrogen-bond donors (Lipinski definition) is 1. The van der Waals surface area contributed by atoms with Crippen LogP contribution in [0.1, 0.15) is 52.9 Å². The average Bonchev–Trinajstić information content (AvgIpc) is 2.48. The van der Waals surface area contributed by atoms with Crippen molar-refractivity contribution < 1.29 is 0 Å². The van der Waals surface area contributed by atoms with Gasteiger partial charge in [-0.25, -0.2) is 0 Å². The molecule has 1 aliphatic carbocycles. The van der Waals surface area contributed by atoms with Crippen LogP contribution in [0.3, 0.4) is 0 Å². The van der Waals surface area contributed by atoms with Gasteiger partial charge < -0.3 is 10.6 Å². The second-order valence-electron chi connectivity index (χ2n) is 7.30. The lowest BCUT2D eigenvalue weighted by Gasteiger charge is -2.44. The SMILES string of the molecule is CCCCN(CC1CCCC(C)(C)C1N)c1ccccc1. The molecule has 118 valence electrons. The molecule has 2 rings (SSSR count). The highest BCUT2D eigenvalue weighted by atomic mass is 15.1. The fourth-order valence-corrected chi connectivity index (χ4v) is 3.61. The Labute approximate surface area is 130 Å². The minimum Gasteiger partial charge on any atom is -0.371 e. The van der Waals surface area contributed by atoms with Gasteiger partial charge in [0.2, 0.25) is 0 Å². The van der Waals surface area contributed by atoms with Crippen LogP contribution in [0.5, 0.6) is 0 Å². The summed E-state index contributed by atoms with van der Waals surface area (Å²) < 4.78 is 0. The summed E-state index contributed by atoms with van der Waals surface area (Å²) in [5, 5.41) is 0. The number of rotatable bonds is 6. The van der Waals surface area contributed by atoms with Crippen LogP contribution in [-0.2, 0) is 0 Å². The zero-order valence-corrected chi connectivity index (χ0v) is 14.0. The predicted molar refractivity (Wildman–Crippen MR) is 92.7 cm³/mol. The first-order valence-corrected chi connectivity index (χ1v) is 8.60. The van der Waals surface area contributed by atoms with Crippen molar-refractivity contribution in [1.29, 1.82) is 0 Å². The van der Waals surface area contributed by atoms with Crippen LogP contribution in [0, 0.1) is 11.3 Å². The third-order valence-corrected chi connectivity index (χ3v) is 5.16. The molecule has 1 saturated carbocycles. The fourth-order valence-electron chi connectivity index (χ4n) is 3.61. The van der Waals surface area contributed by atoms with Gasteiger partial charge in [0.05, 0.1) is 0 Å². The largest absolute Gasteiger partial charge is 0.371 e. The molecule has 2 N–H and O–H groups in total. The smallest absolute Gasteiger partial charge is 0.0366 e. The summed E-state index contributed by atoms with van der Waals surface area (Å²) in [6.45, 7) is 9.18. The quantitative estimate of drug-likeness (QED) is 0.838. The summed E-state index contributed by atoms with van der Waals surface area (Å²) in [6, 6.07) is 11.2. The highest BCUT2D eigenvalue weighted by Crippen LogP contribution is 2.38. The van der Waals surface area contributed by atoms with E-state index in [2.05, 4.69) is 56.0 Å². The Hall–Kier alpha value is -1.02. The Morgan fingerprint density at radius 1 is 1.24 bits per heavy atom. The second-order valence-corrected chi connectivity index (χ2v) is 7.30. The molecule has 2 nitrogen and oxygen atoms in total. The molecule has 0 heterocycles. The second kappa shape index (κ2) is 7.31. The van der Waals surface area contributed by atoms with E-state index in [1.165, 1.54) is 37.8 Å². The van der Waals surface area contributed by atoms with E-state index in [-0.39, 0.29) is 5.41 Å². The molecule has 1 fully saturated rings. The Morgan fingerprint density at radius 2 is 1.95 bits per heavy atom. The lowest BCUT2D eigenvalue weighted by molar-refractivity contribution is 0.141. The highest BCUT2D eigenvalue weighted by molar-refractivity contribution is 5.46. The van der Waals surface area contributed by atoms with Gasteiger partial charge in [0.25, 0.3) is 0 Å². The maximum Gasteiger partial charge on any atom is 0.0366 e. The molecule has 1 aromatic rings. The van der Waals surface area contributed by atoms with Crippen molar-refractivity contribution >= 4 is 5.69 Å². The van der Waals surface area contributed by atoms with Crippen molar-refractivity contribution in [3.63, 3.8) is 0 Å². The number of benzene rings is 1. The Balaban J connectivity index is 2.08. The highest BCUT2D eigenvalue weighted by Gasteiger charge is 2.36. The van der Waals surface area contributed by atoms with Gasteiger partial charge >= 0.3 is 0 Å². The van der Waals surface area contributed by atoms with Gasteiger partial charge in [-0.3, -0.25) is 0 Å². The first-order chi connectivity index (χ1) is 10.0. The van der Waals surface area contributed by atoms with Gasteiger partial charge in [0.1, 0.15) is 0 Å². The van der Waals surface area contributed by atoms with E-state index >= 15 is 0 Å². The number of hydrogen-bond acceptors (Lipinski definition) is 2. The molecular formula is C19H32N2. The van der Waals surface area contributed by atoms with Crippen LogP contribution < -0.4 is 10.6 Å². The Morgan fingerprint density at radius 3 is 2.62 bits per heavy atom.